The highest BCUT2D eigenvalue weighted by Crippen LogP contribution is 2.35. The molecule has 0 unspecified atom stereocenters. The number of ether oxygens (including phenoxy) is 7. The molecule has 1 aliphatic rings. The minimum atomic E-state index is -4.64. The molecule has 0 radical (unpaired) electrons. The van der Waals surface area contributed by atoms with Crippen molar-refractivity contribution < 1.29 is 46.4 Å². The second kappa shape index (κ2) is 21.0. The molecule has 5 aromatic rings. The Bertz CT molecular complexity index is 2040. The summed E-state index contributed by atoms with van der Waals surface area (Å²) in [6.07, 6.45) is -6.81. The van der Waals surface area contributed by atoms with Gasteiger partial charge in [-0.15, -0.1) is 0 Å². The molecule has 0 aromatic heterocycles. The predicted octanol–water partition coefficient (Wildman–Crippen LogP) is 7.47. The lowest BCUT2D eigenvalue weighted by atomic mass is 9.97. The normalized spacial score (nSPS) is 19.5. The van der Waals surface area contributed by atoms with E-state index in [4.69, 9.17) is 33.2 Å². The number of amides is 1. The van der Waals surface area contributed by atoms with Crippen molar-refractivity contribution >= 4 is 16.1 Å². The van der Waals surface area contributed by atoms with Gasteiger partial charge in [0.25, 0.3) is 10.0 Å². The van der Waals surface area contributed by atoms with Gasteiger partial charge in [-0.1, -0.05) is 139 Å². The van der Waals surface area contributed by atoms with Crippen LogP contribution in [0.2, 0.25) is 0 Å². The molecule has 5 atom stereocenters. The number of sulfonamides is 1. The van der Waals surface area contributed by atoms with E-state index >= 15 is 0 Å². The van der Waals surface area contributed by atoms with E-state index < -0.39 is 46.8 Å². The fourth-order valence-corrected chi connectivity index (χ4v) is 7.79. The molecule has 0 aliphatic carbocycles. The molecule has 57 heavy (non-hydrogen) atoms. The number of hydrogen-bond donors (Lipinski definition) is 0. The van der Waals surface area contributed by atoms with E-state index in [1.807, 2.05) is 128 Å². The number of methoxy groups -OCH3 is 1. The Morgan fingerprint density at radius 1 is 0.596 bits per heavy atom. The number of nitrogens with zero attached hydrogens (tertiary/aromatic N) is 1. The van der Waals surface area contributed by atoms with Crippen LogP contribution in [0.1, 0.15) is 27.8 Å². The number of benzene rings is 5. The van der Waals surface area contributed by atoms with Crippen LogP contribution in [0.15, 0.2) is 150 Å². The Morgan fingerprint density at radius 2 is 1.05 bits per heavy atom. The first kappa shape index (κ1) is 41.7. The van der Waals surface area contributed by atoms with Crippen LogP contribution < -0.4 is 0 Å². The third-order valence-corrected chi connectivity index (χ3v) is 11.1. The smallest absolute Gasteiger partial charge is 0.426 e. The fourth-order valence-electron chi connectivity index (χ4n) is 6.39. The molecule has 300 valence electrons. The highest BCUT2D eigenvalue weighted by molar-refractivity contribution is 7.89. The average Bonchev–Trinajstić information content (AvgIpc) is 3.24. The van der Waals surface area contributed by atoms with E-state index in [2.05, 4.69) is 0 Å². The predicted molar refractivity (Wildman–Crippen MR) is 213 cm³/mol. The Labute approximate surface area is 335 Å². The molecule has 1 fully saturated rings. The maximum absolute atomic E-state index is 14.8. The van der Waals surface area contributed by atoms with Gasteiger partial charge in [-0.2, -0.15) is 4.31 Å². The Morgan fingerprint density at radius 3 is 1.54 bits per heavy atom. The summed E-state index contributed by atoms with van der Waals surface area (Å²) in [5.74, 6) is 0. The van der Waals surface area contributed by atoms with Crippen LogP contribution in [0.4, 0.5) is 4.79 Å². The molecule has 0 bridgehead atoms. The van der Waals surface area contributed by atoms with Crippen LogP contribution in [-0.2, 0) is 69.6 Å². The monoisotopic (exact) mass is 795 g/mol. The number of carbonyl (C=O) groups is 1. The van der Waals surface area contributed by atoms with Gasteiger partial charge in [0.05, 0.1) is 44.5 Å². The van der Waals surface area contributed by atoms with Gasteiger partial charge >= 0.3 is 6.09 Å². The highest BCUT2D eigenvalue weighted by Gasteiger charge is 2.54. The maximum atomic E-state index is 14.8. The first-order valence-corrected chi connectivity index (χ1v) is 20.3. The largest absolute Gasteiger partial charge is 0.446 e. The fraction of sp³-hybridized carbons (Fsp3) is 0.311. The van der Waals surface area contributed by atoms with Crippen LogP contribution in [0.5, 0.6) is 0 Å². The number of aryl methyl sites for hydroxylation is 1. The van der Waals surface area contributed by atoms with Crippen LogP contribution in [0.25, 0.3) is 0 Å². The van der Waals surface area contributed by atoms with E-state index in [-0.39, 0.29) is 51.1 Å². The molecule has 0 spiro atoms. The first-order chi connectivity index (χ1) is 27.8. The molecular formula is C45H49NO10S. The molecule has 1 heterocycles. The molecule has 0 saturated carbocycles. The van der Waals surface area contributed by atoms with E-state index in [1.165, 1.54) is 19.2 Å². The van der Waals surface area contributed by atoms with Crippen molar-refractivity contribution in [1.29, 1.82) is 0 Å². The van der Waals surface area contributed by atoms with Crippen LogP contribution >= 0.6 is 0 Å². The second-order valence-corrected chi connectivity index (χ2v) is 15.4. The summed E-state index contributed by atoms with van der Waals surface area (Å²) in [6.45, 7) is 2.20. The summed E-state index contributed by atoms with van der Waals surface area (Å²) in [7, 11) is -3.19. The Kier molecular flexibility index (Phi) is 15.4. The maximum Gasteiger partial charge on any atom is 0.426 e. The molecule has 11 nitrogen and oxygen atoms in total. The zero-order valence-electron chi connectivity index (χ0n) is 32.1. The summed E-state index contributed by atoms with van der Waals surface area (Å²) in [4.78, 5) is 14.1. The lowest BCUT2D eigenvalue weighted by molar-refractivity contribution is -0.287. The molecule has 12 heteroatoms. The molecule has 1 aliphatic heterocycles. The number of carbonyl (C=O) groups excluding carboxylic acids is 1. The minimum absolute atomic E-state index is 0.0360. The summed E-state index contributed by atoms with van der Waals surface area (Å²) < 4.78 is 74.1. The quantitative estimate of drug-likeness (QED) is 0.0780. The summed E-state index contributed by atoms with van der Waals surface area (Å²) >= 11 is 0. The van der Waals surface area contributed by atoms with Gasteiger partial charge in [-0.05, 0) is 41.3 Å². The molecule has 0 N–H and O–H groups in total. The average molecular weight is 796 g/mol. The van der Waals surface area contributed by atoms with Crippen molar-refractivity contribution in [2.45, 2.75) is 68.9 Å². The van der Waals surface area contributed by atoms with Crippen molar-refractivity contribution in [3.8, 4) is 0 Å². The SMILES string of the molecule is COCCOC(=O)N([C@H]1O[C@H](COCc2ccccc2)[C@H](OCc2ccccc2)[C@H](OCc2ccccc2)[C@H]1OCc1ccccc1)S(=O)(=O)c1ccc(C)cc1. The van der Waals surface area contributed by atoms with Gasteiger partial charge in [0.2, 0.25) is 0 Å². The first-order valence-electron chi connectivity index (χ1n) is 18.8. The Hall–Kier alpha value is -4.92. The lowest BCUT2D eigenvalue weighted by Gasteiger charge is -2.48. The molecule has 5 aromatic carbocycles. The summed E-state index contributed by atoms with van der Waals surface area (Å²) in [6, 6.07) is 44.5. The highest BCUT2D eigenvalue weighted by atomic mass is 32.2. The molecule has 1 saturated heterocycles. The zero-order chi connectivity index (χ0) is 39.9. The topological polar surface area (TPSA) is 119 Å². The standard InChI is InChI=1S/C45H49NO10S/c1-34-23-25-39(26-24-34)57(48,49)46(45(47)52-28-27-50-2)44-43(55-32-38-21-13-6-14-22-38)42(54-31-37-19-11-5-12-20-37)41(53-30-36-17-9-4-10-18-36)40(56-44)33-51-29-35-15-7-3-8-16-35/h3-26,40-44H,27-33H2,1-2H3/t40-,41+,42+,43-,44+/m1/s1. The zero-order valence-corrected chi connectivity index (χ0v) is 32.9. The van der Waals surface area contributed by atoms with E-state index in [1.54, 1.807) is 12.1 Å². The van der Waals surface area contributed by atoms with Crippen molar-refractivity contribution in [3.63, 3.8) is 0 Å². The summed E-state index contributed by atoms with van der Waals surface area (Å²) in [5.41, 5.74) is 4.34. The van der Waals surface area contributed by atoms with E-state index in [0.717, 1.165) is 27.8 Å². The van der Waals surface area contributed by atoms with Crippen LogP contribution in [0, 0.1) is 6.92 Å². The van der Waals surface area contributed by atoms with E-state index in [9.17, 15) is 13.2 Å². The van der Waals surface area contributed by atoms with Gasteiger partial charge in [-0.25, -0.2) is 13.2 Å². The molecule has 1 amide bonds. The van der Waals surface area contributed by atoms with Gasteiger partial charge in [0.15, 0.2) is 6.23 Å². The third-order valence-electron chi connectivity index (χ3n) is 9.36. The van der Waals surface area contributed by atoms with Crippen LogP contribution in [-0.4, -0.2) is 76.4 Å². The number of hydrogen-bond acceptors (Lipinski definition) is 10. The van der Waals surface area contributed by atoms with Crippen molar-refractivity contribution in [2.75, 3.05) is 26.9 Å². The Balaban J connectivity index is 1.45. The van der Waals surface area contributed by atoms with Gasteiger partial charge < -0.3 is 33.2 Å². The van der Waals surface area contributed by atoms with Crippen molar-refractivity contribution in [2.24, 2.45) is 0 Å². The number of rotatable bonds is 19. The van der Waals surface area contributed by atoms with Gasteiger partial charge in [0.1, 0.15) is 31.0 Å². The second-order valence-electron chi connectivity index (χ2n) is 13.6. The van der Waals surface area contributed by atoms with Gasteiger partial charge in [-0.3, -0.25) is 0 Å². The molecular weight excluding hydrogens is 747 g/mol. The minimum Gasteiger partial charge on any atom is -0.446 e. The van der Waals surface area contributed by atoms with Crippen LogP contribution in [0.3, 0.4) is 0 Å². The lowest BCUT2D eigenvalue weighted by Crippen LogP contribution is -2.66. The van der Waals surface area contributed by atoms with Crippen molar-refractivity contribution in [1.82, 2.24) is 4.31 Å². The third kappa shape index (κ3) is 11.6. The summed E-state index contributed by atoms with van der Waals surface area (Å²) in [5, 5.41) is 0. The van der Waals surface area contributed by atoms with E-state index in [0.29, 0.717) is 4.31 Å². The molecule has 6 rings (SSSR count). The van der Waals surface area contributed by atoms with Gasteiger partial charge in [0, 0.05) is 7.11 Å². The van der Waals surface area contributed by atoms with Crippen molar-refractivity contribution in [3.05, 3.63) is 173 Å².